The monoisotopic (exact) mass is 187 g/mol. The van der Waals surface area contributed by atoms with Crippen LogP contribution in [0, 0.1) is 5.92 Å². The Labute approximate surface area is 80.7 Å². The zero-order valence-corrected chi connectivity index (χ0v) is 8.70. The molecule has 1 N–H and O–H groups in total. The molecular formula is C10H21NO2. The van der Waals surface area contributed by atoms with Crippen LogP contribution in [0.5, 0.6) is 0 Å². The molecule has 13 heavy (non-hydrogen) atoms. The maximum atomic E-state index is 9.63. The van der Waals surface area contributed by atoms with Crippen molar-refractivity contribution >= 4 is 0 Å². The van der Waals surface area contributed by atoms with E-state index in [1.807, 2.05) is 0 Å². The van der Waals surface area contributed by atoms with Gasteiger partial charge in [-0.05, 0) is 25.3 Å². The summed E-state index contributed by atoms with van der Waals surface area (Å²) in [5.41, 5.74) is 0. The lowest BCUT2D eigenvalue weighted by Crippen LogP contribution is -2.43. The van der Waals surface area contributed by atoms with Gasteiger partial charge in [-0.3, -0.25) is 0 Å². The highest BCUT2D eigenvalue weighted by atomic mass is 16.5. The zero-order valence-electron chi connectivity index (χ0n) is 8.70. The van der Waals surface area contributed by atoms with Crippen molar-refractivity contribution in [2.75, 3.05) is 33.4 Å². The highest BCUT2D eigenvalue weighted by Gasteiger charge is 2.23. The van der Waals surface area contributed by atoms with E-state index in [1.54, 1.807) is 7.11 Å². The van der Waals surface area contributed by atoms with Crippen molar-refractivity contribution in [2.45, 2.75) is 25.9 Å². The van der Waals surface area contributed by atoms with Crippen LogP contribution in [0.15, 0.2) is 0 Å². The largest absolute Gasteiger partial charge is 0.392 e. The molecule has 0 aromatic rings. The summed E-state index contributed by atoms with van der Waals surface area (Å²) in [5.74, 6) is 0.471. The predicted molar refractivity (Wildman–Crippen MR) is 52.7 cm³/mol. The van der Waals surface area contributed by atoms with Crippen LogP contribution in [0.2, 0.25) is 0 Å². The van der Waals surface area contributed by atoms with Crippen molar-refractivity contribution in [3.8, 4) is 0 Å². The summed E-state index contributed by atoms with van der Waals surface area (Å²) in [6, 6.07) is 0. The van der Waals surface area contributed by atoms with Gasteiger partial charge in [-0.25, -0.2) is 0 Å². The van der Waals surface area contributed by atoms with Crippen molar-refractivity contribution in [3.05, 3.63) is 0 Å². The fourth-order valence-electron chi connectivity index (χ4n) is 1.75. The molecule has 0 bridgehead atoms. The maximum absolute atomic E-state index is 9.63. The van der Waals surface area contributed by atoms with Gasteiger partial charge in [0.15, 0.2) is 0 Å². The van der Waals surface area contributed by atoms with Gasteiger partial charge >= 0.3 is 0 Å². The van der Waals surface area contributed by atoms with Gasteiger partial charge < -0.3 is 14.7 Å². The van der Waals surface area contributed by atoms with E-state index in [1.165, 1.54) is 0 Å². The van der Waals surface area contributed by atoms with E-state index < -0.39 is 0 Å². The number of likely N-dealkylation sites (tertiary alicyclic amines) is 1. The molecule has 0 saturated carbocycles. The third-order valence-corrected chi connectivity index (χ3v) is 2.83. The van der Waals surface area contributed by atoms with Crippen molar-refractivity contribution < 1.29 is 9.84 Å². The Balaban J connectivity index is 2.14. The Hall–Kier alpha value is -0.120. The molecule has 1 saturated heterocycles. The third-order valence-electron chi connectivity index (χ3n) is 2.83. The lowest BCUT2D eigenvalue weighted by molar-refractivity contribution is 0.0260. The van der Waals surface area contributed by atoms with E-state index in [9.17, 15) is 5.11 Å². The normalized spacial score (nSPS) is 30.7. The third kappa shape index (κ3) is 3.63. The lowest BCUT2D eigenvalue weighted by atomic mass is 9.96. The fraction of sp³-hybridized carbons (Fsp3) is 1.00. The van der Waals surface area contributed by atoms with Crippen molar-refractivity contribution in [1.29, 1.82) is 0 Å². The Morgan fingerprint density at radius 2 is 2.31 bits per heavy atom. The molecule has 3 heteroatoms. The van der Waals surface area contributed by atoms with Crippen LogP contribution in [0.3, 0.4) is 0 Å². The van der Waals surface area contributed by atoms with Crippen LogP contribution in [0.1, 0.15) is 19.8 Å². The lowest BCUT2D eigenvalue weighted by Gasteiger charge is -2.34. The number of aliphatic hydroxyl groups is 1. The van der Waals surface area contributed by atoms with E-state index in [2.05, 4.69) is 11.8 Å². The second-order valence-electron chi connectivity index (χ2n) is 3.98. The second-order valence-corrected chi connectivity index (χ2v) is 3.98. The topological polar surface area (TPSA) is 32.7 Å². The van der Waals surface area contributed by atoms with E-state index in [0.717, 1.165) is 39.1 Å². The minimum atomic E-state index is -0.128. The highest BCUT2D eigenvalue weighted by molar-refractivity contribution is 4.76. The minimum absolute atomic E-state index is 0.128. The van der Waals surface area contributed by atoms with Crippen LogP contribution >= 0.6 is 0 Å². The minimum Gasteiger partial charge on any atom is -0.392 e. The molecule has 1 rings (SSSR count). The molecule has 1 fully saturated rings. The summed E-state index contributed by atoms with van der Waals surface area (Å²) < 4.78 is 4.99. The maximum Gasteiger partial charge on any atom is 0.0693 e. The van der Waals surface area contributed by atoms with Gasteiger partial charge in [-0.2, -0.15) is 0 Å². The summed E-state index contributed by atoms with van der Waals surface area (Å²) in [4.78, 5) is 2.32. The van der Waals surface area contributed by atoms with Gasteiger partial charge in [0.2, 0.25) is 0 Å². The molecule has 2 unspecified atom stereocenters. The summed E-state index contributed by atoms with van der Waals surface area (Å²) in [7, 11) is 1.73. The molecule has 78 valence electrons. The van der Waals surface area contributed by atoms with Gasteiger partial charge in [0.1, 0.15) is 0 Å². The van der Waals surface area contributed by atoms with Crippen LogP contribution in [0.25, 0.3) is 0 Å². The standard InChI is InChI=1S/C10H21NO2/c1-9-4-6-11(8-10(9)12)5-3-7-13-2/h9-10,12H,3-8H2,1-2H3. The predicted octanol–water partition coefficient (Wildman–Crippen LogP) is 0.726. The quantitative estimate of drug-likeness (QED) is 0.658. The zero-order chi connectivity index (χ0) is 9.68. The number of hydrogen-bond acceptors (Lipinski definition) is 3. The molecule has 0 spiro atoms. The van der Waals surface area contributed by atoms with Crippen molar-refractivity contribution in [2.24, 2.45) is 5.92 Å². The van der Waals surface area contributed by atoms with E-state index >= 15 is 0 Å². The number of methoxy groups -OCH3 is 1. The van der Waals surface area contributed by atoms with Crippen molar-refractivity contribution in [1.82, 2.24) is 4.90 Å². The fourth-order valence-corrected chi connectivity index (χ4v) is 1.75. The number of aliphatic hydroxyl groups excluding tert-OH is 1. The Bertz CT molecular complexity index is 141. The summed E-state index contributed by atoms with van der Waals surface area (Å²) >= 11 is 0. The Morgan fingerprint density at radius 1 is 1.54 bits per heavy atom. The number of hydrogen-bond donors (Lipinski definition) is 1. The van der Waals surface area contributed by atoms with Crippen LogP contribution < -0.4 is 0 Å². The van der Waals surface area contributed by atoms with Gasteiger partial charge in [0, 0.05) is 26.8 Å². The smallest absolute Gasteiger partial charge is 0.0693 e. The summed E-state index contributed by atoms with van der Waals surface area (Å²) in [6.07, 6.45) is 2.06. The van der Waals surface area contributed by atoms with E-state index in [-0.39, 0.29) is 6.10 Å². The first kappa shape index (κ1) is 11.0. The molecule has 3 nitrogen and oxygen atoms in total. The number of rotatable bonds is 4. The molecule has 2 atom stereocenters. The van der Waals surface area contributed by atoms with Gasteiger partial charge in [-0.1, -0.05) is 6.92 Å². The van der Waals surface area contributed by atoms with Crippen LogP contribution in [-0.2, 0) is 4.74 Å². The Morgan fingerprint density at radius 3 is 2.92 bits per heavy atom. The van der Waals surface area contributed by atoms with Gasteiger partial charge in [0.05, 0.1) is 6.10 Å². The molecular weight excluding hydrogens is 166 g/mol. The number of nitrogens with zero attached hydrogens (tertiary/aromatic N) is 1. The molecule has 1 aliphatic rings. The summed E-state index contributed by atoms with van der Waals surface area (Å²) in [6.45, 7) is 5.96. The molecule has 1 aliphatic heterocycles. The highest BCUT2D eigenvalue weighted by Crippen LogP contribution is 2.16. The number of β-amino-alcohol motifs (C(OH)–C–C–N with tert-alkyl or cyclic N) is 1. The van der Waals surface area contributed by atoms with Crippen LogP contribution in [0.4, 0.5) is 0 Å². The first-order valence-electron chi connectivity index (χ1n) is 5.13. The molecule has 0 aliphatic carbocycles. The average Bonchev–Trinajstić information content (AvgIpc) is 2.12. The average molecular weight is 187 g/mol. The Kier molecular flexibility index (Phi) is 4.70. The number of piperidine rings is 1. The SMILES string of the molecule is COCCCN1CCC(C)C(O)C1. The number of ether oxygens (including phenoxy) is 1. The van der Waals surface area contributed by atoms with Crippen LogP contribution in [-0.4, -0.2) is 49.5 Å². The van der Waals surface area contributed by atoms with Crippen molar-refractivity contribution in [3.63, 3.8) is 0 Å². The van der Waals surface area contributed by atoms with E-state index in [4.69, 9.17) is 4.74 Å². The first-order valence-corrected chi connectivity index (χ1v) is 5.13. The summed E-state index contributed by atoms with van der Waals surface area (Å²) in [5, 5.41) is 9.63. The molecule has 0 aromatic heterocycles. The second kappa shape index (κ2) is 5.58. The molecule has 0 radical (unpaired) electrons. The molecule has 0 aromatic carbocycles. The van der Waals surface area contributed by atoms with Gasteiger partial charge in [-0.15, -0.1) is 0 Å². The van der Waals surface area contributed by atoms with Gasteiger partial charge in [0.25, 0.3) is 0 Å². The molecule has 0 amide bonds. The first-order chi connectivity index (χ1) is 6.24. The van der Waals surface area contributed by atoms with E-state index in [0.29, 0.717) is 5.92 Å². The molecule has 1 heterocycles.